The topological polar surface area (TPSA) is 3.24 Å². The summed E-state index contributed by atoms with van der Waals surface area (Å²) in [5.41, 5.74) is 0. The van der Waals surface area contributed by atoms with Crippen molar-refractivity contribution in [1.82, 2.24) is 4.90 Å². The minimum atomic E-state index is 0.933. The molecule has 1 nitrogen and oxygen atoms in total. The first-order valence-electron chi connectivity index (χ1n) is 4.55. The van der Waals surface area contributed by atoms with Crippen LogP contribution in [0.1, 0.15) is 33.1 Å². The molecule has 10 heavy (non-hydrogen) atoms. The average Bonchev–Trinajstić information content (AvgIpc) is 2.13. The van der Waals surface area contributed by atoms with Crippen LogP contribution in [0.15, 0.2) is 0 Å². The third-order valence-electron chi connectivity index (χ3n) is 2.44. The van der Waals surface area contributed by atoms with E-state index in [0.29, 0.717) is 0 Å². The lowest BCUT2D eigenvalue weighted by Gasteiger charge is -2.19. The number of hydrogen-bond donors (Lipinski definition) is 0. The molecule has 1 aliphatic rings. The van der Waals surface area contributed by atoms with Crippen LogP contribution >= 0.6 is 0 Å². The molecule has 1 saturated heterocycles. The summed E-state index contributed by atoms with van der Waals surface area (Å²) < 4.78 is 0. The standard InChI is InChI=1S/C9H19N/c1-3-10-7-5-4-6-9(2)8-10/h9H,3-8H2,1-2H3. The highest BCUT2D eigenvalue weighted by Crippen LogP contribution is 2.14. The highest BCUT2D eigenvalue weighted by molar-refractivity contribution is 4.66. The van der Waals surface area contributed by atoms with Gasteiger partial charge in [0.2, 0.25) is 0 Å². The van der Waals surface area contributed by atoms with Crippen LogP contribution in [0.2, 0.25) is 0 Å². The van der Waals surface area contributed by atoms with Crippen molar-refractivity contribution in [2.24, 2.45) is 5.92 Å². The second-order valence-corrected chi connectivity index (χ2v) is 3.49. The maximum absolute atomic E-state index is 2.57. The van der Waals surface area contributed by atoms with E-state index in [4.69, 9.17) is 0 Å². The molecule has 1 atom stereocenters. The van der Waals surface area contributed by atoms with E-state index in [2.05, 4.69) is 18.7 Å². The summed E-state index contributed by atoms with van der Waals surface area (Å²) in [4.78, 5) is 2.57. The minimum Gasteiger partial charge on any atom is -0.303 e. The van der Waals surface area contributed by atoms with E-state index in [0.717, 1.165) is 5.92 Å². The van der Waals surface area contributed by atoms with Crippen molar-refractivity contribution in [3.05, 3.63) is 0 Å². The molecule has 0 radical (unpaired) electrons. The Morgan fingerprint density at radius 2 is 2.20 bits per heavy atom. The summed E-state index contributed by atoms with van der Waals surface area (Å²) in [5.74, 6) is 0.933. The zero-order chi connectivity index (χ0) is 7.40. The smallest absolute Gasteiger partial charge is 0.000690 e. The Morgan fingerprint density at radius 1 is 1.40 bits per heavy atom. The van der Waals surface area contributed by atoms with Gasteiger partial charge in [-0.2, -0.15) is 0 Å². The van der Waals surface area contributed by atoms with Crippen LogP contribution in [0.25, 0.3) is 0 Å². The molecule has 0 aliphatic carbocycles. The second-order valence-electron chi connectivity index (χ2n) is 3.49. The highest BCUT2D eigenvalue weighted by Gasteiger charge is 2.11. The quantitative estimate of drug-likeness (QED) is 0.540. The minimum absolute atomic E-state index is 0.933. The number of rotatable bonds is 1. The largest absolute Gasteiger partial charge is 0.303 e. The molecular weight excluding hydrogens is 122 g/mol. The van der Waals surface area contributed by atoms with Gasteiger partial charge in [-0.1, -0.05) is 20.3 Å². The van der Waals surface area contributed by atoms with Gasteiger partial charge in [0.05, 0.1) is 0 Å². The fraction of sp³-hybridized carbons (Fsp3) is 1.00. The van der Waals surface area contributed by atoms with Gasteiger partial charge in [0.1, 0.15) is 0 Å². The van der Waals surface area contributed by atoms with Gasteiger partial charge >= 0.3 is 0 Å². The lowest BCUT2D eigenvalue weighted by Crippen LogP contribution is -2.26. The van der Waals surface area contributed by atoms with Crippen molar-refractivity contribution in [1.29, 1.82) is 0 Å². The van der Waals surface area contributed by atoms with Crippen LogP contribution in [0.5, 0.6) is 0 Å². The monoisotopic (exact) mass is 141 g/mol. The summed E-state index contributed by atoms with van der Waals surface area (Å²) in [6.07, 6.45) is 4.30. The molecule has 0 amide bonds. The molecule has 0 aromatic rings. The first kappa shape index (κ1) is 8.06. The maximum Gasteiger partial charge on any atom is 0.000690 e. The van der Waals surface area contributed by atoms with Gasteiger partial charge in [-0.25, -0.2) is 0 Å². The van der Waals surface area contributed by atoms with Gasteiger partial charge in [0.15, 0.2) is 0 Å². The lowest BCUT2D eigenvalue weighted by atomic mass is 10.1. The van der Waals surface area contributed by atoms with Crippen molar-refractivity contribution < 1.29 is 0 Å². The van der Waals surface area contributed by atoms with E-state index in [1.165, 1.54) is 38.9 Å². The van der Waals surface area contributed by atoms with Gasteiger partial charge in [-0.3, -0.25) is 0 Å². The molecule has 1 fully saturated rings. The predicted molar refractivity (Wildman–Crippen MR) is 45.1 cm³/mol. The molecule has 60 valence electrons. The number of likely N-dealkylation sites (tertiary alicyclic amines) is 1. The summed E-state index contributed by atoms with van der Waals surface area (Å²) in [5, 5.41) is 0. The van der Waals surface area contributed by atoms with E-state index in [-0.39, 0.29) is 0 Å². The summed E-state index contributed by atoms with van der Waals surface area (Å²) in [7, 11) is 0. The molecule has 0 aromatic carbocycles. The Bertz CT molecular complexity index is 90.7. The lowest BCUT2D eigenvalue weighted by molar-refractivity contribution is 0.269. The van der Waals surface area contributed by atoms with Gasteiger partial charge in [-0.15, -0.1) is 0 Å². The predicted octanol–water partition coefficient (Wildman–Crippen LogP) is 2.13. The molecule has 0 bridgehead atoms. The van der Waals surface area contributed by atoms with Crippen molar-refractivity contribution in [2.75, 3.05) is 19.6 Å². The SMILES string of the molecule is CCN1CCCCC(C)C1. The molecule has 0 saturated carbocycles. The van der Waals surface area contributed by atoms with E-state index in [1.807, 2.05) is 0 Å². The third kappa shape index (κ3) is 2.30. The first-order valence-corrected chi connectivity index (χ1v) is 4.55. The third-order valence-corrected chi connectivity index (χ3v) is 2.44. The van der Waals surface area contributed by atoms with Gasteiger partial charge in [0.25, 0.3) is 0 Å². The van der Waals surface area contributed by atoms with Crippen molar-refractivity contribution >= 4 is 0 Å². The highest BCUT2D eigenvalue weighted by atomic mass is 15.1. The van der Waals surface area contributed by atoms with Crippen LogP contribution in [0.4, 0.5) is 0 Å². The summed E-state index contributed by atoms with van der Waals surface area (Å²) in [6, 6.07) is 0. The van der Waals surface area contributed by atoms with E-state index in [1.54, 1.807) is 0 Å². The van der Waals surface area contributed by atoms with E-state index in [9.17, 15) is 0 Å². The molecule has 0 spiro atoms. The van der Waals surface area contributed by atoms with Gasteiger partial charge < -0.3 is 4.90 Å². The Kier molecular flexibility index (Phi) is 3.20. The normalized spacial score (nSPS) is 30.0. The molecule has 1 heterocycles. The molecule has 0 N–H and O–H groups in total. The Balaban J connectivity index is 2.30. The van der Waals surface area contributed by atoms with Crippen molar-refractivity contribution in [3.8, 4) is 0 Å². The fourth-order valence-corrected chi connectivity index (χ4v) is 1.74. The first-order chi connectivity index (χ1) is 4.83. The van der Waals surface area contributed by atoms with Crippen LogP contribution in [-0.2, 0) is 0 Å². The molecule has 1 heteroatoms. The Morgan fingerprint density at radius 3 is 2.90 bits per heavy atom. The average molecular weight is 141 g/mol. The van der Waals surface area contributed by atoms with Gasteiger partial charge in [-0.05, 0) is 31.8 Å². The molecule has 1 unspecified atom stereocenters. The van der Waals surface area contributed by atoms with Crippen LogP contribution in [-0.4, -0.2) is 24.5 Å². The Hall–Kier alpha value is -0.0400. The van der Waals surface area contributed by atoms with Crippen LogP contribution in [0, 0.1) is 5.92 Å². The van der Waals surface area contributed by atoms with Crippen molar-refractivity contribution in [2.45, 2.75) is 33.1 Å². The zero-order valence-electron chi connectivity index (χ0n) is 7.27. The Labute approximate surface area is 64.4 Å². The molecule has 1 rings (SSSR count). The second kappa shape index (κ2) is 3.97. The van der Waals surface area contributed by atoms with Crippen LogP contribution < -0.4 is 0 Å². The maximum atomic E-state index is 2.57. The van der Waals surface area contributed by atoms with Crippen molar-refractivity contribution in [3.63, 3.8) is 0 Å². The van der Waals surface area contributed by atoms with Gasteiger partial charge in [0, 0.05) is 6.54 Å². The zero-order valence-corrected chi connectivity index (χ0v) is 7.27. The molecule has 0 aromatic heterocycles. The summed E-state index contributed by atoms with van der Waals surface area (Å²) >= 11 is 0. The number of hydrogen-bond acceptors (Lipinski definition) is 1. The summed E-state index contributed by atoms with van der Waals surface area (Å²) in [6.45, 7) is 8.54. The molecular formula is C9H19N. The fourth-order valence-electron chi connectivity index (χ4n) is 1.74. The van der Waals surface area contributed by atoms with Crippen LogP contribution in [0.3, 0.4) is 0 Å². The van der Waals surface area contributed by atoms with E-state index >= 15 is 0 Å². The molecule has 1 aliphatic heterocycles. The van der Waals surface area contributed by atoms with E-state index < -0.39 is 0 Å². The number of nitrogens with zero attached hydrogens (tertiary/aromatic N) is 1.